The summed E-state index contributed by atoms with van der Waals surface area (Å²) >= 11 is 6.52. The van der Waals surface area contributed by atoms with Crippen LogP contribution in [-0.4, -0.2) is 25.1 Å². The van der Waals surface area contributed by atoms with Gasteiger partial charge in [-0.05, 0) is 53.1 Å². The van der Waals surface area contributed by atoms with E-state index in [1.54, 1.807) is 25.3 Å². The van der Waals surface area contributed by atoms with Gasteiger partial charge in [0.15, 0.2) is 23.0 Å². The summed E-state index contributed by atoms with van der Waals surface area (Å²) < 4.78 is 22.9. The maximum atomic E-state index is 12.7. The Balaban J connectivity index is 1.47. The summed E-state index contributed by atoms with van der Waals surface area (Å²) in [6.07, 6.45) is 1.32. The molecule has 0 atom stereocenters. The van der Waals surface area contributed by atoms with Crippen molar-refractivity contribution in [3.8, 4) is 29.1 Å². The van der Waals surface area contributed by atoms with Crippen molar-refractivity contribution in [2.45, 2.75) is 13.2 Å². The number of carbonyl (C=O) groups is 1. The van der Waals surface area contributed by atoms with E-state index in [9.17, 15) is 20.2 Å². The van der Waals surface area contributed by atoms with E-state index in [1.165, 1.54) is 43.5 Å². The molecule has 0 bridgehead atoms. The average Bonchev–Trinajstić information content (AvgIpc) is 3.02. The summed E-state index contributed by atoms with van der Waals surface area (Å²) in [4.78, 5) is 23.1. The van der Waals surface area contributed by atoms with Gasteiger partial charge < -0.3 is 24.3 Å². The molecule has 0 saturated heterocycles. The van der Waals surface area contributed by atoms with Gasteiger partial charge in [0, 0.05) is 17.8 Å². The number of hydrogen-bond donors (Lipinski definition) is 1. The highest BCUT2D eigenvalue weighted by Crippen LogP contribution is 2.38. The molecular weight excluding hydrogens is 574 g/mol. The molecule has 0 aliphatic carbocycles. The predicted molar refractivity (Wildman–Crippen MR) is 161 cm³/mol. The number of amides is 1. The lowest BCUT2D eigenvalue weighted by Gasteiger charge is -2.15. The van der Waals surface area contributed by atoms with Crippen LogP contribution in [0, 0.1) is 21.4 Å². The molecule has 0 aromatic heterocycles. The maximum absolute atomic E-state index is 12.7. The molecule has 43 heavy (non-hydrogen) atoms. The summed E-state index contributed by atoms with van der Waals surface area (Å²) in [5.41, 5.74) is 1.95. The minimum Gasteiger partial charge on any atom is -0.493 e. The second-order valence-corrected chi connectivity index (χ2v) is 9.42. The number of benzene rings is 4. The van der Waals surface area contributed by atoms with E-state index in [0.29, 0.717) is 23.7 Å². The number of halogens is 1. The number of carbonyl (C=O) groups excluding carboxylic acids is 1. The van der Waals surface area contributed by atoms with Crippen LogP contribution in [0.5, 0.6) is 23.0 Å². The Morgan fingerprint density at radius 2 is 1.65 bits per heavy atom. The summed E-state index contributed by atoms with van der Waals surface area (Å²) in [5, 5.41) is 23.3. The fourth-order valence-electron chi connectivity index (χ4n) is 3.99. The standard InChI is InChI=1S/C32H26ClN3O7/c1-40-29-15-22(11-12-28(29)42-19-21-7-4-3-5-8-21)20-43-31-27(33)14-23(16-30(31)41-2)13-24(18-34)32(37)35-25-9-6-10-26(17-25)36(38)39/h3-17H,19-20H2,1-2H3,(H,35,37)/b24-13-. The zero-order chi connectivity index (χ0) is 30.8. The number of non-ortho nitro benzene ring substituents is 1. The van der Waals surface area contributed by atoms with Gasteiger partial charge in [-0.25, -0.2) is 0 Å². The quantitative estimate of drug-likeness (QED) is 0.0799. The van der Waals surface area contributed by atoms with Gasteiger partial charge in [0.1, 0.15) is 24.9 Å². The number of nitro benzene ring substituents is 1. The first-order chi connectivity index (χ1) is 20.8. The molecule has 4 aromatic rings. The maximum Gasteiger partial charge on any atom is 0.271 e. The van der Waals surface area contributed by atoms with Gasteiger partial charge in [-0.2, -0.15) is 5.26 Å². The minimum atomic E-state index is -0.747. The van der Waals surface area contributed by atoms with Gasteiger partial charge in [-0.1, -0.05) is 54.1 Å². The van der Waals surface area contributed by atoms with E-state index in [2.05, 4.69) is 5.32 Å². The van der Waals surface area contributed by atoms with Crippen molar-refractivity contribution in [2.75, 3.05) is 19.5 Å². The summed E-state index contributed by atoms with van der Waals surface area (Å²) in [7, 11) is 3.00. The Labute approximate surface area is 252 Å². The number of ether oxygens (including phenoxy) is 4. The Kier molecular flexibility index (Phi) is 10.2. The topological polar surface area (TPSA) is 133 Å². The van der Waals surface area contributed by atoms with Crippen LogP contribution in [0.1, 0.15) is 16.7 Å². The number of hydrogen-bond acceptors (Lipinski definition) is 8. The van der Waals surface area contributed by atoms with Crippen LogP contribution < -0.4 is 24.3 Å². The number of rotatable bonds is 12. The molecular formula is C32H26ClN3O7. The van der Waals surface area contributed by atoms with E-state index >= 15 is 0 Å². The molecule has 4 aromatic carbocycles. The van der Waals surface area contributed by atoms with Gasteiger partial charge in [0.05, 0.1) is 24.2 Å². The van der Waals surface area contributed by atoms with Crippen LogP contribution in [0.15, 0.2) is 90.5 Å². The number of nitrogens with one attached hydrogen (secondary N) is 1. The lowest BCUT2D eigenvalue weighted by atomic mass is 10.1. The monoisotopic (exact) mass is 599 g/mol. The van der Waals surface area contributed by atoms with Gasteiger partial charge >= 0.3 is 0 Å². The highest BCUT2D eigenvalue weighted by atomic mass is 35.5. The molecule has 0 radical (unpaired) electrons. The second kappa shape index (κ2) is 14.4. The van der Waals surface area contributed by atoms with Crippen molar-refractivity contribution in [2.24, 2.45) is 0 Å². The fourth-order valence-corrected chi connectivity index (χ4v) is 4.26. The fraction of sp³-hybridized carbons (Fsp3) is 0.125. The van der Waals surface area contributed by atoms with Crippen molar-refractivity contribution in [3.05, 3.63) is 122 Å². The van der Waals surface area contributed by atoms with E-state index in [0.717, 1.165) is 11.1 Å². The van der Waals surface area contributed by atoms with E-state index < -0.39 is 10.8 Å². The zero-order valence-electron chi connectivity index (χ0n) is 23.2. The SMILES string of the molecule is COc1cc(COc2c(Cl)cc(/C=C(/C#N)C(=O)Nc3cccc([N+](=O)[O-])c3)cc2OC)ccc1OCc1ccccc1. The van der Waals surface area contributed by atoms with Gasteiger partial charge in [0.25, 0.3) is 11.6 Å². The summed E-state index contributed by atoms with van der Waals surface area (Å²) in [6.45, 7) is 0.528. The van der Waals surface area contributed by atoms with Crippen LogP contribution >= 0.6 is 11.6 Å². The summed E-state index contributed by atoms with van der Waals surface area (Å²) in [6, 6.07) is 25.6. The molecule has 0 spiro atoms. The first-order valence-electron chi connectivity index (χ1n) is 12.8. The molecule has 10 nitrogen and oxygen atoms in total. The number of nitro groups is 1. The third-order valence-electron chi connectivity index (χ3n) is 6.09. The molecule has 0 aliphatic heterocycles. The Morgan fingerprint density at radius 3 is 2.35 bits per heavy atom. The molecule has 0 fully saturated rings. The predicted octanol–water partition coefficient (Wildman–Crippen LogP) is 6.97. The van der Waals surface area contributed by atoms with Crippen molar-refractivity contribution in [3.63, 3.8) is 0 Å². The van der Waals surface area contributed by atoms with E-state index in [-0.39, 0.29) is 40.1 Å². The third-order valence-corrected chi connectivity index (χ3v) is 6.37. The smallest absolute Gasteiger partial charge is 0.271 e. The Hall–Kier alpha value is -5.53. The van der Waals surface area contributed by atoms with Crippen molar-refractivity contribution < 1.29 is 28.7 Å². The molecule has 1 N–H and O–H groups in total. The zero-order valence-corrected chi connectivity index (χ0v) is 24.0. The van der Waals surface area contributed by atoms with Crippen LogP contribution in [0.25, 0.3) is 6.08 Å². The number of nitrogens with zero attached hydrogens (tertiary/aromatic N) is 2. The Bertz CT molecular complexity index is 1700. The van der Waals surface area contributed by atoms with Crippen LogP contribution in [0.3, 0.4) is 0 Å². The van der Waals surface area contributed by atoms with Crippen LogP contribution in [-0.2, 0) is 18.0 Å². The molecule has 218 valence electrons. The number of anilines is 1. The van der Waals surface area contributed by atoms with Crippen molar-refractivity contribution in [1.82, 2.24) is 0 Å². The molecule has 4 rings (SSSR count). The number of nitriles is 1. The van der Waals surface area contributed by atoms with Crippen molar-refractivity contribution >= 4 is 35.0 Å². The first kappa shape index (κ1) is 30.4. The molecule has 0 aliphatic rings. The lowest BCUT2D eigenvalue weighted by molar-refractivity contribution is -0.384. The van der Waals surface area contributed by atoms with Crippen LogP contribution in [0.2, 0.25) is 5.02 Å². The summed E-state index contributed by atoms with van der Waals surface area (Å²) in [5.74, 6) is 0.936. The third kappa shape index (κ3) is 8.03. The molecule has 0 saturated carbocycles. The first-order valence-corrected chi connectivity index (χ1v) is 13.2. The number of methoxy groups -OCH3 is 2. The largest absolute Gasteiger partial charge is 0.493 e. The van der Waals surface area contributed by atoms with Gasteiger partial charge in [-0.15, -0.1) is 0 Å². The molecule has 0 heterocycles. The van der Waals surface area contributed by atoms with Gasteiger partial charge in [0.2, 0.25) is 0 Å². The van der Waals surface area contributed by atoms with Crippen LogP contribution in [0.4, 0.5) is 11.4 Å². The van der Waals surface area contributed by atoms with E-state index in [1.807, 2.05) is 42.5 Å². The highest BCUT2D eigenvalue weighted by Gasteiger charge is 2.16. The molecule has 11 heteroatoms. The molecule has 0 unspecified atom stereocenters. The van der Waals surface area contributed by atoms with E-state index in [4.69, 9.17) is 30.5 Å². The lowest BCUT2D eigenvalue weighted by Crippen LogP contribution is -2.13. The molecule has 1 amide bonds. The minimum absolute atomic E-state index is 0.135. The van der Waals surface area contributed by atoms with Crippen molar-refractivity contribution in [1.29, 1.82) is 5.26 Å². The normalized spacial score (nSPS) is 10.8. The highest BCUT2D eigenvalue weighted by molar-refractivity contribution is 6.32. The van der Waals surface area contributed by atoms with Gasteiger partial charge in [-0.3, -0.25) is 14.9 Å². The second-order valence-electron chi connectivity index (χ2n) is 9.01. The average molecular weight is 600 g/mol. The Morgan fingerprint density at radius 1 is 0.907 bits per heavy atom.